The molecule has 1 atom stereocenters. The average Bonchev–Trinajstić information content (AvgIpc) is 3.20. The third-order valence-corrected chi connectivity index (χ3v) is 6.40. The van der Waals surface area contributed by atoms with Crippen LogP contribution in [0.3, 0.4) is 0 Å². The molecular formula is C21H23N3O6S. The molecule has 1 heterocycles. The van der Waals surface area contributed by atoms with Gasteiger partial charge in [-0.25, -0.2) is 8.42 Å². The van der Waals surface area contributed by atoms with Crippen LogP contribution in [0.25, 0.3) is 0 Å². The highest BCUT2D eigenvalue weighted by atomic mass is 32.2. The average molecular weight is 445 g/mol. The van der Waals surface area contributed by atoms with Crippen LogP contribution in [0.4, 0.5) is 5.69 Å². The van der Waals surface area contributed by atoms with Crippen molar-refractivity contribution in [2.75, 3.05) is 12.8 Å². The fraction of sp³-hybridized carbons (Fsp3) is 0.333. The van der Waals surface area contributed by atoms with Crippen molar-refractivity contribution < 1.29 is 22.9 Å². The van der Waals surface area contributed by atoms with E-state index in [1.807, 2.05) is 0 Å². The Labute approximate surface area is 180 Å². The number of nitrogens with zero attached hydrogens (tertiary/aromatic N) is 2. The van der Waals surface area contributed by atoms with Gasteiger partial charge in [0.05, 0.1) is 9.82 Å². The van der Waals surface area contributed by atoms with E-state index in [4.69, 9.17) is 0 Å². The number of sulfone groups is 1. The minimum absolute atomic E-state index is 0.0610. The largest absolute Gasteiger partial charge is 0.350 e. The summed E-state index contributed by atoms with van der Waals surface area (Å²) < 4.78 is 23.1. The second-order valence-corrected chi connectivity index (χ2v) is 9.56. The van der Waals surface area contributed by atoms with Gasteiger partial charge in [-0.2, -0.15) is 0 Å². The van der Waals surface area contributed by atoms with Gasteiger partial charge < -0.3 is 10.2 Å². The number of benzene rings is 2. The fourth-order valence-corrected chi connectivity index (χ4v) is 4.23. The van der Waals surface area contributed by atoms with Crippen molar-refractivity contribution in [2.45, 2.75) is 37.2 Å². The third-order valence-electron chi connectivity index (χ3n) is 5.27. The Morgan fingerprint density at radius 3 is 2.45 bits per heavy atom. The van der Waals surface area contributed by atoms with Gasteiger partial charge in [-0.15, -0.1) is 0 Å². The zero-order chi connectivity index (χ0) is 22.8. The Bertz CT molecular complexity index is 1130. The van der Waals surface area contributed by atoms with Crippen molar-refractivity contribution in [1.82, 2.24) is 10.2 Å². The van der Waals surface area contributed by atoms with Crippen LogP contribution < -0.4 is 5.32 Å². The van der Waals surface area contributed by atoms with Crippen molar-refractivity contribution in [3.8, 4) is 0 Å². The second-order valence-electron chi connectivity index (χ2n) is 7.55. The number of carbonyl (C=O) groups excluding carboxylic acids is 2. The van der Waals surface area contributed by atoms with E-state index in [1.165, 1.54) is 35.2 Å². The summed E-state index contributed by atoms with van der Waals surface area (Å²) in [6.07, 6.45) is 2.33. The van der Waals surface area contributed by atoms with Crippen LogP contribution >= 0.6 is 0 Å². The lowest BCUT2D eigenvalue weighted by molar-refractivity contribution is -0.385. The van der Waals surface area contributed by atoms with Crippen molar-refractivity contribution >= 4 is 27.3 Å². The molecule has 2 amide bonds. The lowest BCUT2D eigenvalue weighted by atomic mass is 10.1. The highest BCUT2D eigenvalue weighted by Gasteiger charge is 2.34. The van der Waals surface area contributed by atoms with Gasteiger partial charge in [0, 0.05) is 36.5 Å². The van der Waals surface area contributed by atoms with Crippen molar-refractivity contribution in [3.63, 3.8) is 0 Å². The summed E-state index contributed by atoms with van der Waals surface area (Å²) in [4.78, 5) is 37.8. The van der Waals surface area contributed by atoms with Gasteiger partial charge in [-0.1, -0.05) is 12.1 Å². The van der Waals surface area contributed by atoms with Gasteiger partial charge in [0.2, 0.25) is 5.91 Å². The minimum atomic E-state index is -3.29. The zero-order valence-corrected chi connectivity index (χ0v) is 18.0. The maximum Gasteiger partial charge on any atom is 0.272 e. The quantitative estimate of drug-likeness (QED) is 0.537. The molecular weight excluding hydrogens is 422 g/mol. The Morgan fingerprint density at radius 2 is 1.87 bits per heavy atom. The summed E-state index contributed by atoms with van der Waals surface area (Å²) in [6, 6.07) is 9.79. The SMILES string of the molecule is Cc1cc(C(=O)N2CCCC2C(=O)NCc2ccc(S(C)(=O)=O)cc2)ccc1[N+](=O)[O-]. The van der Waals surface area contributed by atoms with Gasteiger partial charge in [-0.05, 0) is 49.6 Å². The highest BCUT2D eigenvalue weighted by Crippen LogP contribution is 2.24. The second kappa shape index (κ2) is 8.84. The molecule has 1 aliphatic heterocycles. The Hall–Kier alpha value is -3.27. The predicted molar refractivity (Wildman–Crippen MR) is 113 cm³/mol. The molecule has 1 aliphatic rings. The molecule has 9 nitrogen and oxygen atoms in total. The van der Waals surface area contributed by atoms with Crippen LogP contribution in [0.1, 0.15) is 34.3 Å². The molecule has 2 aromatic rings. The van der Waals surface area contributed by atoms with E-state index in [-0.39, 0.29) is 28.9 Å². The number of nitrogens with one attached hydrogen (secondary N) is 1. The van der Waals surface area contributed by atoms with Gasteiger partial charge in [0.1, 0.15) is 6.04 Å². The van der Waals surface area contributed by atoms with E-state index in [0.717, 1.165) is 11.8 Å². The number of likely N-dealkylation sites (tertiary alicyclic amines) is 1. The molecule has 1 N–H and O–H groups in total. The van der Waals surface area contributed by atoms with Crippen LogP contribution in [-0.2, 0) is 21.2 Å². The van der Waals surface area contributed by atoms with E-state index in [9.17, 15) is 28.1 Å². The number of rotatable bonds is 6. The first-order chi connectivity index (χ1) is 14.6. The number of hydrogen-bond donors (Lipinski definition) is 1. The van der Waals surface area contributed by atoms with Gasteiger partial charge >= 0.3 is 0 Å². The molecule has 0 spiro atoms. The third kappa shape index (κ3) is 5.08. The van der Waals surface area contributed by atoms with E-state index in [0.29, 0.717) is 30.5 Å². The maximum atomic E-state index is 12.9. The first-order valence-electron chi connectivity index (χ1n) is 9.70. The fourth-order valence-electron chi connectivity index (χ4n) is 3.60. The number of aryl methyl sites for hydroxylation is 1. The van der Waals surface area contributed by atoms with Gasteiger partial charge in [0.25, 0.3) is 11.6 Å². The summed E-state index contributed by atoms with van der Waals surface area (Å²) in [7, 11) is -3.29. The minimum Gasteiger partial charge on any atom is -0.350 e. The van der Waals surface area contributed by atoms with E-state index < -0.39 is 20.8 Å². The molecule has 31 heavy (non-hydrogen) atoms. The molecule has 0 bridgehead atoms. The molecule has 0 saturated carbocycles. The smallest absolute Gasteiger partial charge is 0.272 e. The maximum absolute atomic E-state index is 12.9. The van der Waals surface area contributed by atoms with E-state index in [2.05, 4.69) is 5.32 Å². The van der Waals surface area contributed by atoms with Crippen LogP contribution in [0, 0.1) is 17.0 Å². The number of carbonyl (C=O) groups is 2. The summed E-state index contributed by atoms with van der Waals surface area (Å²) in [5.74, 6) is -0.634. The Morgan fingerprint density at radius 1 is 1.19 bits per heavy atom. The van der Waals surface area contributed by atoms with Gasteiger partial charge in [-0.3, -0.25) is 19.7 Å². The van der Waals surface area contributed by atoms with Crippen LogP contribution in [0.5, 0.6) is 0 Å². The number of amides is 2. The monoisotopic (exact) mass is 445 g/mol. The van der Waals surface area contributed by atoms with Crippen LogP contribution in [0.15, 0.2) is 47.4 Å². The first-order valence-corrected chi connectivity index (χ1v) is 11.6. The topological polar surface area (TPSA) is 127 Å². The molecule has 0 aromatic heterocycles. The molecule has 3 rings (SSSR count). The molecule has 1 saturated heterocycles. The molecule has 0 aliphatic carbocycles. The van der Waals surface area contributed by atoms with Gasteiger partial charge in [0.15, 0.2) is 9.84 Å². The van der Waals surface area contributed by atoms with Crippen LogP contribution in [0.2, 0.25) is 0 Å². The lowest BCUT2D eigenvalue weighted by Crippen LogP contribution is -2.45. The summed E-state index contributed by atoms with van der Waals surface area (Å²) in [5.41, 5.74) is 1.37. The molecule has 164 valence electrons. The molecule has 1 fully saturated rings. The van der Waals surface area contributed by atoms with E-state index in [1.54, 1.807) is 19.1 Å². The number of nitro benzene ring substituents is 1. The predicted octanol–water partition coefficient (Wildman–Crippen LogP) is 2.23. The number of hydrogen-bond acceptors (Lipinski definition) is 6. The Balaban J connectivity index is 1.67. The lowest BCUT2D eigenvalue weighted by Gasteiger charge is -2.24. The van der Waals surface area contributed by atoms with E-state index >= 15 is 0 Å². The molecule has 10 heteroatoms. The number of nitro groups is 1. The normalized spacial score (nSPS) is 16.2. The summed E-state index contributed by atoms with van der Waals surface area (Å²) in [5, 5.41) is 13.8. The molecule has 1 unspecified atom stereocenters. The summed E-state index contributed by atoms with van der Waals surface area (Å²) in [6.45, 7) is 2.20. The Kier molecular flexibility index (Phi) is 6.40. The first kappa shape index (κ1) is 22.4. The van der Waals surface area contributed by atoms with Crippen molar-refractivity contribution in [1.29, 1.82) is 0 Å². The highest BCUT2D eigenvalue weighted by molar-refractivity contribution is 7.90. The molecule has 0 radical (unpaired) electrons. The van der Waals surface area contributed by atoms with Crippen LogP contribution in [-0.4, -0.2) is 48.9 Å². The standard InChI is InChI=1S/C21H23N3O6S/c1-14-12-16(7-10-18(14)24(27)28)21(26)23-11-3-4-19(23)20(25)22-13-15-5-8-17(9-6-15)31(2,29)30/h5-10,12,19H,3-4,11,13H2,1-2H3,(H,22,25). The molecule has 2 aromatic carbocycles. The van der Waals surface area contributed by atoms with Crippen molar-refractivity contribution in [3.05, 3.63) is 69.3 Å². The van der Waals surface area contributed by atoms with Crippen molar-refractivity contribution in [2.24, 2.45) is 0 Å². The summed E-state index contributed by atoms with van der Waals surface area (Å²) >= 11 is 0. The zero-order valence-electron chi connectivity index (χ0n) is 17.2.